The summed E-state index contributed by atoms with van der Waals surface area (Å²) < 4.78 is 32.2. The molecule has 1 unspecified atom stereocenters. The second-order valence-electron chi connectivity index (χ2n) is 7.62. The second-order valence-corrected chi connectivity index (χ2v) is 9.59. The molecule has 0 spiro atoms. The van der Waals surface area contributed by atoms with Crippen LogP contribution in [-0.2, 0) is 19.6 Å². The van der Waals surface area contributed by atoms with Gasteiger partial charge in [-0.15, -0.1) is 0 Å². The molecule has 2 aromatic carbocycles. The summed E-state index contributed by atoms with van der Waals surface area (Å²) in [6.07, 6.45) is 0.484. The lowest BCUT2D eigenvalue weighted by Gasteiger charge is -2.20. The van der Waals surface area contributed by atoms with Crippen molar-refractivity contribution in [2.45, 2.75) is 43.7 Å². The maximum atomic E-state index is 13.0. The van der Waals surface area contributed by atoms with Gasteiger partial charge < -0.3 is 10.1 Å². The van der Waals surface area contributed by atoms with E-state index in [2.05, 4.69) is 10.6 Å². The van der Waals surface area contributed by atoms with Gasteiger partial charge in [0.05, 0.1) is 16.1 Å². The predicted octanol–water partition coefficient (Wildman–Crippen LogP) is 2.35. The molecule has 170 valence electrons. The fourth-order valence-corrected chi connectivity index (χ4v) is 4.02. The van der Waals surface area contributed by atoms with Crippen molar-refractivity contribution >= 4 is 33.6 Å². The van der Waals surface area contributed by atoms with E-state index in [9.17, 15) is 22.8 Å². The number of nitrogens with zero attached hydrogens (tertiary/aromatic N) is 1. The Morgan fingerprint density at radius 3 is 2.38 bits per heavy atom. The van der Waals surface area contributed by atoms with Crippen molar-refractivity contribution < 1.29 is 27.5 Å². The number of sulfonamides is 1. The van der Waals surface area contributed by atoms with Gasteiger partial charge in [0.1, 0.15) is 0 Å². The van der Waals surface area contributed by atoms with Crippen LogP contribution in [0.2, 0.25) is 0 Å². The topological polar surface area (TPSA) is 122 Å². The number of imide groups is 1. The van der Waals surface area contributed by atoms with Crippen LogP contribution >= 0.6 is 0 Å². The third-order valence-corrected chi connectivity index (χ3v) is 6.71. The number of carbonyl (C=O) groups is 3. The molecular weight excluding hydrogens is 434 g/mol. The lowest BCUT2D eigenvalue weighted by Crippen LogP contribution is -2.45. The highest BCUT2D eigenvalue weighted by Crippen LogP contribution is 2.23. The Labute approximate surface area is 186 Å². The van der Waals surface area contributed by atoms with Crippen molar-refractivity contribution in [3.63, 3.8) is 0 Å². The molecule has 9 nitrogen and oxygen atoms in total. The highest BCUT2D eigenvalue weighted by atomic mass is 32.2. The van der Waals surface area contributed by atoms with Crippen LogP contribution in [0.4, 0.5) is 10.5 Å². The third-order valence-electron chi connectivity index (χ3n) is 4.93. The summed E-state index contributed by atoms with van der Waals surface area (Å²) in [4.78, 5) is 36.1. The average Bonchev–Trinajstić information content (AvgIpc) is 3.57. The van der Waals surface area contributed by atoms with E-state index in [-0.39, 0.29) is 16.5 Å². The number of ether oxygens (including phenoxy) is 1. The van der Waals surface area contributed by atoms with Gasteiger partial charge in [0, 0.05) is 13.1 Å². The van der Waals surface area contributed by atoms with E-state index >= 15 is 0 Å². The number of benzene rings is 2. The van der Waals surface area contributed by atoms with E-state index in [1.807, 2.05) is 6.92 Å². The predicted molar refractivity (Wildman–Crippen MR) is 118 cm³/mol. The second kappa shape index (κ2) is 9.39. The molecule has 0 radical (unpaired) electrons. The molecule has 1 saturated carbocycles. The number of urea groups is 1. The molecule has 2 aromatic rings. The Morgan fingerprint density at radius 2 is 1.75 bits per heavy atom. The van der Waals surface area contributed by atoms with Crippen molar-refractivity contribution in [1.82, 2.24) is 10.6 Å². The van der Waals surface area contributed by atoms with Gasteiger partial charge in [-0.1, -0.05) is 23.8 Å². The highest BCUT2D eigenvalue weighted by Gasteiger charge is 2.27. The van der Waals surface area contributed by atoms with Gasteiger partial charge in [0.2, 0.25) is 0 Å². The molecule has 10 heteroatoms. The zero-order valence-corrected chi connectivity index (χ0v) is 18.8. The molecule has 0 aliphatic heterocycles. The van der Waals surface area contributed by atoms with Gasteiger partial charge in [-0.3, -0.25) is 14.4 Å². The monoisotopic (exact) mass is 459 g/mol. The Hall–Kier alpha value is -3.40. The first-order valence-corrected chi connectivity index (χ1v) is 11.5. The zero-order chi connectivity index (χ0) is 23.5. The molecule has 3 rings (SSSR count). The summed E-state index contributed by atoms with van der Waals surface area (Å²) >= 11 is 0. The summed E-state index contributed by atoms with van der Waals surface area (Å²) in [7, 11) is -2.51. The van der Waals surface area contributed by atoms with Gasteiger partial charge >= 0.3 is 12.0 Å². The SMILES string of the molecule is Cc1ccc(N(C)S(=O)(=O)c2cccc(C(=O)OC(C)C(=O)NC(=O)NC3CC3)c2)cc1. The van der Waals surface area contributed by atoms with E-state index in [4.69, 9.17) is 4.74 Å². The normalized spacial score (nSPS) is 14.2. The Kier molecular flexibility index (Phi) is 6.83. The van der Waals surface area contributed by atoms with Crippen LogP contribution in [0.1, 0.15) is 35.7 Å². The minimum absolute atomic E-state index is 0.0366. The smallest absolute Gasteiger partial charge is 0.338 e. The van der Waals surface area contributed by atoms with Crippen LogP contribution in [0.25, 0.3) is 0 Å². The number of esters is 1. The molecular formula is C22H25N3O6S. The molecule has 0 bridgehead atoms. The minimum atomic E-state index is -3.93. The molecule has 3 amide bonds. The highest BCUT2D eigenvalue weighted by molar-refractivity contribution is 7.92. The molecule has 1 aliphatic carbocycles. The first-order valence-electron chi connectivity index (χ1n) is 10.1. The maximum Gasteiger partial charge on any atom is 0.338 e. The maximum absolute atomic E-state index is 13.0. The fraction of sp³-hybridized carbons (Fsp3) is 0.318. The fourth-order valence-electron chi connectivity index (χ4n) is 2.78. The number of carbonyl (C=O) groups excluding carboxylic acids is 3. The van der Waals surface area contributed by atoms with Crippen LogP contribution in [0.5, 0.6) is 0 Å². The first kappa shape index (κ1) is 23.3. The number of amides is 3. The van der Waals surface area contributed by atoms with Crippen molar-refractivity contribution in [2.75, 3.05) is 11.4 Å². The zero-order valence-electron chi connectivity index (χ0n) is 18.0. The van der Waals surface area contributed by atoms with Gasteiger partial charge in [-0.25, -0.2) is 18.0 Å². The van der Waals surface area contributed by atoms with E-state index < -0.39 is 34.0 Å². The summed E-state index contributed by atoms with van der Waals surface area (Å²) in [6.45, 7) is 3.22. The van der Waals surface area contributed by atoms with E-state index in [1.165, 1.54) is 38.2 Å². The molecule has 1 aliphatic rings. The van der Waals surface area contributed by atoms with Crippen molar-refractivity contribution in [3.8, 4) is 0 Å². The molecule has 1 fully saturated rings. The van der Waals surface area contributed by atoms with E-state index in [1.54, 1.807) is 24.3 Å². The number of hydrogen-bond donors (Lipinski definition) is 2. The van der Waals surface area contributed by atoms with Gasteiger partial charge in [0.25, 0.3) is 15.9 Å². The molecule has 1 atom stereocenters. The molecule has 0 saturated heterocycles. The molecule has 32 heavy (non-hydrogen) atoms. The lowest BCUT2D eigenvalue weighted by molar-refractivity contribution is -0.127. The van der Waals surface area contributed by atoms with Crippen LogP contribution in [0.15, 0.2) is 53.4 Å². The Balaban J connectivity index is 1.68. The van der Waals surface area contributed by atoms with Crippen molar-refractivity contribution in [1.29, 1.82) is 0 Å². The van der Waals surface area contributed by atoms with E-state index in [0.29, 0.717) is 5.69 Å². The molecule has 2 N–H and O–H groups in total. The van der Waals surface area contributed by atoms with Gasteiger partial charge in [0.15, 0.2) is 6.10 Å². The number of rotatable bonds is 7. The third kappa shape index (κ3) is 5.64. The number of aryl methyl sites for hydroxylation is 1. The molecule has 0 aromatic heterocycles. The van der Waals surface area contributed by atoms with Gasteiger partial charge in [-0.05, 0) is 57.0 Å². The Bertz CT molecular complexity index is 1130. The number of anilines is 1. The van der Waals surface area contributed by atoms with E-state index in [0.717, 1.165) is 22.7 Å². The average molecular weight is 460 g/mol. The summed E-state index contributed by atoms with van der Waals surface area (Å²) in [5.74, 6) is -1.66. The minimum Gasteiger partial charge on any atom is -0.449 e. The van der Waals surface area contributed by atoms with Crippen LogP contribution in [0.3, 0.4) is 0 Å². The van der Waals surface area contributed by atoms with Crippen LogP contribution in [0, 0.1) is 6.92 Å². The largest absolute Gasteiger partial charge is 0.449 e. The summed E-state index contributed by atoms with van der Waals surface area (Å²) in [5, 5.41) is 4.70. The molecule has 0 heterocycles. The van der Waals surface area contributed by atoms with Gasteiger partial charge in [-0.2, -0.15) is 0 Å². The summed E-state index contributed by atoms with van der Waals surface area (Å²) in [6, 6.07) is 11.8. The number of nitrogens with one attached hydrogen (secondary N) is 2. The van der Waals surface area contributed by atoms with Crippen LogP contribution in [-0.4, -0.2) is 45.5 Å². The lowest BCUT2D eigenvalue weighted by atomic mass is 10.2. The number of hydrogen-bond acceptors (Lipinski definition) is 6. The summed E-state index contributed by atoms with van der Waals surface area (Å²) in [5.41, 5.74) is 1.43. The standard InChI is InChI=1S/C22H25N3O6S/c1-14-7-11-18(12-8-14)25(3)32(29,30)19-6-4-5-16(13-19)21(27)31-15(2)20(26)24-22(28)23-17-9-10-17/h4-8,11-13,15,17H,9-10H2,1-3H3,(H2,23,24,26,28). The first-order chi connectivity index (χ1) is 15.1. The quantitative estimate of drug-likeness (QED) is 0.613. The van der Waals surface area contributed by atoms with Crippen LogP contribution < -0.4 is 14.9 Å². The Morgan fingerprint density at radius 1 is 1.09 bits per heavy atom. The van der Waals surface area contributed by atoms with Crippen molar-refractivity contribution in [2.24, 2.45) is 0 Å². The van der Waals surface area contributed by atoms with Crippen molar-refractivity contribution in [3.05, 3.63) is 59.7 Å².